The van der Waals surface area contributed by atoms with Crippen LogP contribution in [-0.4, -0.2) is 52.6 Å². The van der Waals surface area contributed by atoms with Crippen molar-refractivity contribution >= 4 is 22.7 Å². The molecule has 2 rings (SSSR count). The fraction of sp³-hybridized carbons (Fsp3) is 0.462. The van der Waals surface area contributed by atoms with E-state index in [2.05, 4.69) is 10.1 Å². The molecule has 0 saturated heterocycles. The fourth-order valence-corrected chi connectivity index (χ4v) is 2.21. The van der Waals surface area contributed by atoms with Crippen LogP contribution in [0.2, 0.25) is 0 Å². The van der Waals surface area contributed by atoms with Gasteiger partial charge in [-0.15, -0.1) is 0 Å². The van der Waals surface area contributed by atoms with E-state index in [1.54, 1.807) is 25.0 Å². The number of carbonyl (C=O) groups is 1. The van der Waals surface area contributed by atoms with Crippen LogP contribution in [0, 0.1) is 0 Å². The highest BCUT2D eigenvalue weighted by Gasteiger charge is 2.20. The number of likely N-dealkylation sites (N-methyl/N-ethyl adjacent to an activating group) is 1. The maximum absolute atomic E-state index is 11.4. The first-order valence-electron chi connectivity index (χ1n) is 6.38. The molecule has 0 aromatic carbocycles. The standard InChI is InChI=1S/C13H18N4O3/c1-4-17(5-6-20-3)11-9-8-15-16(2)12(9)14-7-10(11)13(18)19/h7-8H,4-6H2,1-3H3,(H,18,19). The van der Waals surface area contributed by atoms with Crippen molar-refractivity contribution < 1.29 is 14.6 Å². The van der Waals surface area contributed by atoms with E-state index in [0.29, 0.717) is 31.0 Å². The summed E-state index contributed by atoms with van der Waals surface area (Å²) in [5, 5.41) is 14.3. The van der Waals surface area contributed by atoms with Crippen LogP contribution < -0.4 is 4.90 Å². The van der Waals surface area contributed by atoms with Crippen molar-refractivity contribution in [1.82, 2.24) is 14.8 Å². The average Bonchev–Trinajstić information content (AvgIpc) is 2.81. The number of hydrogen-bond acceptors (Lipinski definition) is 5. The van der Waals surface area contributed by atoms with Crippen molar-refractivity contribution in [3.05, 3.63) is 18.0 Å². The van der Waals surface area contributed by atoms with Gasteiger partial charge in [0, 0.05) is 33.4 Å². The van der Waals surface area contributed by atoms with Crippen LogP contribution in [0.3, 0.4) is 0 Å². The van der Waals surface area contributed by atoms with Crippen LogP contribution in [-0.2, 0) is 11.8 Å². The predicted octanol–water partition coefficient (Wildman–Crippen LogP) is 1.14. The number of aryl methyl sites for hydroxylation is 1. The molecule has 7 nitrogen and oxygen atoms in total. The van der Waals surface area contributed by atoms with Gasteiger partial charge in [-0.2, -0.15) is 5.10 Å². The Balaban J connectivity index is 2.61. The fourth-order valence-electron chi connectivity index (χ4n) is 2.21. The number of fused-ring (bicyclic) bond motifs is 1. The van der Waals surface area contributed by atoms with Crippen molar-refractivity contribution in [2.75, 3.05) is 31.7 Å². The first-order valence-corrected chi connectivity index (χ1v) is 6.38. The topological polar surface area (TPSA) is 80.5 Å². The summed E-state index contributed by atoms with van der Waals surface area (Å²) >= 11 is 0. The lowest BCUT2D eigenvalue weighted by Gasteiger charge is -2.24. The zero-order valence-corrected chi connectivity index (χ0v) is 11.8. The van der Waals surface area contributed by atoms with Crippen LogP contribution in [0.5, 0.6) is 0 Å². The van der Waals surface area contributed by atoms with Crippen LogP contribution in [0.1, 0.15) is 17.3 Å². The first-order chi connectivity index (χ1) is 9.60. The van der Waals surface area contributed by atoms with E-state index < -0.39 is 5.97 Å². The molecule has 2 aromatic heterocycles. The quantitative estimate of drug-likeness (QED) is 0.853. The van der Waals surface area contributed by atoms with Gasteiger partial charge in [0.2, 0.25) is 0 Å². The number of pyridine rings is 1. The highest BCUT2D eigenvalue weighted by molar-refractivity contribution is 6.03. The normalized spacial score (nSPS) is 10.9. The Morgan fingerprint density at radius 2 is 2.25 bits per heavy atom. The molecule has 0 atom stereocenters. The van der Waals surface area contributed by atoms with Crippen LogP contribution in [0.4, 0.5) is 5.69 Å². The lowest BCUT2D eigenvalue weighted by Crippen LogP contribution is -2.28. The maximum atomic E-state index is 11.4. The number of hydrogen-bond donors (Lipinski definition) is 1. The summed E-state index contributed by atoms with van der Waals surface area (Å²) in [6.45, 7) is 3.79. The van der Waals surface area contributed by atoms with E-state index >= 15 is 0 Å². The summed E-state index contributed by atoms with van der Waals surface area (Å²) in [7, 11) is 3.41. The number of carboxylic acid groups (broad SMARTS) is 1. The third kappa shape index (κ3) is 2.44. The van der Waals surface area contributed by atoms with Gasteiger partial charge in [-0.3, -0.25) is 4.68 Å². The molecule has 0 amide bonds. The molecular formula is C13H18N4O3. The Morgan fingerprint density at radius 1 is 1.50 bits per heavy atom. The van der Waals surface area contributed by atoms with Crippen molar-refractivity contribution in [2.45, 2.75) is 6.92 Å². The van der Waals surface area contributed by atoms with Crippen molar-refractivity contribution in [1.29, 1.82) is 0 Å². The third-order valence-electron chi connectivity index (χ3n) is 3.23. The molecule has 0 aliphatic carbocycles. The number of rotatable bonds is 6. The number of anilines is 1. The van der Waals surface area contributed by atoms with Gasteiger partial charge in [0.1, 0.15) is 5.56 Å². The van der Waals surface area contributed by atoms with Gasteiger partial charge in [0.05, 0.1) is 23.9 Å². The third-order valence-corrected chi connectivity index (χ3v) is 3.23. The number of methoxy groups -OCH3 is 1. The Kier molecular flexibility index (Phi) is 4.19. The molecule has 2 heterocycles. The highest BCUT2D eigenvalue weighted by atomic mass is 16.5. The van der Waals surface area contributed by atoms with Crippen molar-refractivity contribution in [2.24, 2.45) is 7.05 Å². The number of carboxylic acids is 1. The molecule has 108 valence electrons. The zero-order valence-electron chi connectivity index (χ0n) is 11.8. The Morgan fingerprint density at radius 3 is 2.85 bits per heavy atom. The molecule has 0 aliphatic rings. The van der Waals surface area contributed by atoms with E-state index in [9.17, 15) is 9.90 Å². The van der Waals surface area contributed by atoms with Crippen LogP contribution in [0.25, 0.3) is 11.0 Å². The smallest absolute Gasteiger partial charge is 0.339 e. The highest BCUT2D eigenvalue weighted by Crippen LogP contribution is 2.29. The van der Waals surface area contributed by atoms with E-state index in [1.807, 2.05) is 11.8 Å². The molecule has 0 unspecified atom stereocenters. The average molecular weight is 278 g/mol. The van der Waals surface area contributed by atoms with Gasteiger partial charge in [0.25, 0.3) is 0 Å². The second-order valence-corrected chi connectivity index (χ2v) is 4.40. The van der Waals surface area contributed by atoms with Gasteiger partial charge in [-0.05, 0) is 6.92 Å². The minimum Gasteiger partial charge on any atom is -0.478 e. The molecule has 1 N–H and O–H groups in total. The van der Waals surface area contributed by atoms with E-state index in [4.69, 9.17) is 4.74 Å². The number of nitrogens with zero attached hydrogens (tertiary/aromatic N) is 4. The zero-order chi connectivity index (χ0) is 14.7. The van der Waals surface area contributed by atoms with Crippen molar-refractivity contribution in [3.8, 4) is 0 Å². The molecule has 0 radical (unpaired) electrons. The van der Waals surface area contributed by atoms with Gasteiger partial charge >= 0.3 is 5.97 Å². The molecule has 7 heteroatoms. The second-order valence-electron chi connectivity index (χ2n) is 4.40. The lowest BCUT2D eigenvalue weighted by molar-refractivity contribution is 0.0697. The molecule has 0 fully saturated rings. The van der Waals surface area contributed by atoms with Gasteiger partial charge in [-0.1, -0.05) is 0 Å². The Hall–Kier alpha value is -2.15. The SMILES string of the molecule is CCN(CCOC)c1c(C(=O)O)cnc2c1cnn2C. The minimum absolute atomic E-state index is 0.184. The molecule has 20 heavy (non-hydrogen) atoms. The molecule has 2 aromatic rings. The van der Waals surface area contributed by atoms with Crippen LogP contribution in [0.15, 0.2) is 12.4 Å². The van der Waals surface area contributed by atoms with E-state index in [1.165, 1.54) is 6.20 Å². The summed E-state index contributed by atoms with van der Waals surface area (Å²) in [5.41, 5.74) is 1.50. The summed E-state index contributed by atoms with van der Waals surface area (Å²) in [5.74, 6) is -0.992. The summed E-state index contributed by atoms with van der Waals surface area (Å²) in [6, 6.07) is 0. The molecule has 0 spiro atoms. The molecule has 0 bridgehead atoms. The van der Waals surface area contributed by atoms with Crippen LogP contribution >= 0.6 is 0 Å². The van der Waals surface area contributed by atoms with E-state index in [0.717, 1.165) is 5.39 Å². The Bertz CT molecular complexity index is 623. The van der Waals surface area contributed by atoms with Gasteiger partial charge in [0.15, 0.2) is 5.65 Å². The summed E-state index contributed by atoms with van der Waals surface area (Å²) in [4.78, 5) is 17.6. The second kappa shape index (κ2) is 5.87. The van der Waals surface area contributed by atoms with Gasteiger partial charge in [-0.25, -0.2) is 9.78 Å². The minimum atomic E-state index is -0.992. The number of aromatic carboxylic acids is 1. The predicted molar refractivity (Wildman–Crippen MR) is 75.2 cm³/mol. The van der Waals surface area contributed by atoms with Crippen molar-refractivity contribution in [3.63, 3.8) is 0 Å². The van der Waals surface area contributed by atoms with E-state index in [-0.39, 0.29) is 5.56 Å². The largest absolute Gasteiger partial charge is 0.478 e. The lowest BCUT2D eigenvalue weighted by atomic mass is 10.1. The molecular weight excluding hydrogens is 260 g/mol. The first kappa shape index (κ1) is 14.3. The summed E-state index contributed by atoms with van der Waals surface area (Å²) in [6.07, 6.45) is 3.04. The monoisotopic (exact) mass is 278 g/mol. The molecule has 0 aliphatic heterocycles. The van der Waals surface area contributed by atoms with Gasteiger partial charge < -0.3 is 14.7 Å². The summed E-state index contributed by atoms with van der Waals surface area (Å²) < 4.78 is 6.72. The number of aromatic nitrogens is 3. The maximum Gasteiger partial charge on any atom is 0.339 e. The Labute approximate surface area is 116 Å². The number of ether oxygens (including phenoxy) is 1. The molecule has 0 saturated carbocycles.